The van der Waals surface area contributed by atoms with Gasteiger partial charge in [0.2, 0.25) is 11.8 Å². The van der Waals surface area contributed by atoms with Gasteiger partial charge in [0, 0.05) is 24.8 Å². The number of benzene rings is 1. The summed E-state index contributed by atoms with van der Waals surface area (Å²) in [5, 5.41) is 6.35. The fourth-order valence-corrected chi connectivity index (χ4v) is 1.97. The number of hydrazone groups is 1. The summed E-state index contributed by atoms with van der Waals surface area (Å²) < 4.78 is 13.8. The van der Waals surface area contributed by atoms with Gasteiger partial charge in [-0.05, 0) is 12.1 Å². The largest absolute Gasteiger partial charge is 0.324 e. The van der Waals surface area contributed by atoms with Crippen LogP contribution in [0.15, 0.2) is 23.3 Å². The minimum atomic E-state index is -0.528. The number of nitrogens with zero attached hydrogens (tertiary/aromatic N) is 1. The van der Waals surface area contributed by atoms with Gasteiger partial charge in [0.05, 0.1) is 11.4 Å². The molecule has 2 rings (SSSR count). The maximum Gasteiger partial charge on any atom is 0.240 e. The minimum Gasteiger partial charge on any atom is -0.324 e. The van der Waals surface area contributed by atoms with Crippen molar-refractivity contribution in [2.45, 2.75) is 20.3 Å². The second-order valence-electron chi connectivity index (χ2n) is 4.51. The summed E-state index contributed by atoms with van der Waals surface area (Å²) in [7, 11) is 0. The Morgan fingerprint density at radius 1 is 1.53 bits per heavy atom. The highest BCUT2D eigenvalue weighted by Crippen LogP contribution is 2.21. The number of rotatable bonds is 2. The van der Waals surface area contributed by atoms with E-state index in [-0.39, 0.29) is 23.4 Å². The van der Waals surface area contributed by atoms with Crippen molar-refractivity contribution in [3.63, 3.8) is 0 Å². The molecule has 5 nitrogen and oxygen atoms in total. The zero-order chi connectivity index (χ0) is 14.0. The maximum atomic E-state index is 13.8. The average molecular weight is 263 g/mol. The summed E-state index contributed by atoms with van der Waals surface area (Å²) in [4.78, 5) is 22.0. The van der Waals surface area contributed by atoms with Crippen LogP contribution in [0.5, 0.6) is 0 Å². The Morgan fingerprint density at radius 3 is 2.84 bits per heavy atom. The molecule has 2 N–H and O–H groups in total. The average Bonchev–Trinajstić information content (AvgIpc) is 2.31. The van der Waals surface area contributed by atoms with Gasteiger partial charge in [-0.25, -0.2) is 9.82 Å². The summed E-state index contributed by atoms with van der Waals surface area (Å²) in [6.45, 7) is 3.17. The Morgan fingerprint density at radius 2 is 2.26 bits per heavy atom. The van der Waals surface area contributed by atoms with Crippen molar-refractivity contribution < 1.29 is 14.0 Å². The van der Waals surface area contributed by atoms with Gasteiger partial charge in [-0.2, -0.15) is 5.10 Å². The fraction of sp³-hybridized carbons (Fsp3) is 0.308. The highest BCUT2D eigenvalue weighted by Gasteiger charge is 2.22. The van der Waals surface area contributed by atoms with Gasteiger partial charge in [0.1, 0.15) is 5.82 Å². The first-order chi connectivity index (χ1) is 8.97. The molecule has 0 fully saturated rings. The van der Waals surface area contributed by atoms with E-state index in [0.717, 1.165) is 0 Å². The molecule has 0 radical (unpaired) electrons. The third-order valence-electron chi connectivity index (χ3n) is 2.83. The second kappa shape index (κ2) is 5.17. The molecule has 0 aliphatic carbocycles. The van der Waals surface area contributed by atoms with Gasteiger partial charge >= 0.3 is 0 Å². The van der Waals surface area contributed by atoms with Crippen LogP contribution in [-0.2, 0) is 9.59 Å². The first-order valence-electron chi connectivity index (χ1n) is 5.91. The van der Waals surface area contributed by atoms with E-state index in [4.69, 9.17) is 0 Å². The Bertz CT molecular complexity index is 569. The molecule has 1 atom stereocenters. The summed E-state index contributed by atoms with van der Waals surface area (Å²) in [5.74, 6) is -1.08. The van der Waals surface area contributed by atoms with Crippen LogP contribution in [0.1, 0.15) is 25.8 Å². The van der Waals surface area contributed by atoms with E-state index in [1.165, 1.54) is 19.1 Å². The molecule has 0 aromatic heterocycles. The van der Waals surface area contributed by atoms with Crippen LogP contribution < -0.4 is 10.7 Å². The lowest BCUT2D eigenvalue weighted by Gasteiger charge is -2.19. The molecule has 1 heterocycles. The van der Waals surface area contributed by atoms with Gasteiger partial charge in [-0.3, -0.25) is 9.59 Å². The van der Waals surface area contributed by atoms with Gasteiger partial charge in [0.25, 0.3) is 0 Å². The zero-order valence-electron chi connectivity index (χ0n) is 10.7. The minimum absolute atomic E-state index is 0.0697. The molecule has 1 unspecified atom stereocenters. The molecule has 1 aromatic carbocycles. The van der Waals surface area contributed by atoms with Crippen LogP contribution in [0, 0.1) is 11.7 Å². The van der Waals surface area contributed by atoms with E-state index in [1.54, 1.807) is 6.07 Å². The van der Waals surface area contributed by atoms with Gasteiger partial charge < -0.3 is 5.32 Å². The van der Waals surface area contributed by atoms with E-state index in [9.17, 15) is 14.0 Å². The normalized spacial score (nSPS) is 18.6. The van der Waals surface area contributed by atoms with E-state index in [1.807, 2.05) is 6.92 Å². The number of carbonyl (C=O) groups is 2. The summed E-state index contributed by atoms with van der Waals surface area (Å²) in [6, 6.07) is 4.46. The van der Waals surface area contributed by atoms with Crippen molar-refractivity contribution in [1.29, 1.82) is 0 Å². The Kier molecular flexibility index (Phi) is 3.59. The molecule has 0 spiro atoms. The second-order valence-corrected chi connectivity index (χ2v) is 4.51. The zero-order valence-corrected chi connectivity index (χ0v) is 10.7. The quantitative estimate of drug-likeness (QED) is 0.851. The third-order valence-corrected chi connectivity index (χ3v) is 2.83. The van der Waals surface area contributed by atoms with E-state index in [0.29, 0.717) is 17.7 Å². The van der Waals surface area contributed by atoms with Crippen LogP contribution >= 0.6 is 0 Å². The van der Waals surface area contributed by atoms with Crippen molar-refractivity contribution in [3.05, 3.63) is 29.6 Å². The van der Waals surface area contributed by atoms with Crippen LogP contribution in [0.3, 0.4) is 0 Å². The highest BCUT2D eigenvalue weighted by atomic mass is 19.1. The van der Waals surface area contributed by atoms with Crippen molar-refractivity contribution in [2.24, 2.45) is 11.0 Å². The van der Waals surface area contributed by atoms with Crippen molar-refractivity contribution in [3.8, 4) is 0 Å². The summed E-state index contributed by atoms with van der Waals surface area (Å²) in [5.41, 5.74) is 3.74. The van der Waals surface area contributed by atoms with Crippen molar-refractivity contribution >= 4 is 23.2 Å². The first kappa shape index (κ1) is 13.2. The SMILES string of the molecule is CC(=O)Nc1ccc(C2=NNC(=O)CC2C)cc1F. The number of hydrogen-bond donors (Lipinski definition) is 2. The first-order valence-corrected chi connectivity index (χ1v) is 5.91. The molecule has 0 saturated carbocycles. The van der Waals surface area contributed by atoms with Gasteiger partial charge in [-0.15, -0.1) is 0 Å². The lowest BCUT2D eigenvalue weighted by atomic mass is 9.94. The standard InChI is InChI=1S/C13H14FN3O2/c1-7-5-12(19)16-17-13(7)9-3-4-11(10(14)6-9)15-8(2)18/h3-4,6-7H,5H2,1-2H3,(H,15,18)(H,16,19). The molecule has 19 heavy (non-hydrogen) atoms. The van der Waals surface area contributed by atoms with Crippen LogP contribution in [-0.4, -0.2) is 17.5 Å². The molecule has 0 bridgehead atoms. The Balaban J connectivity index is 2.29. The molecule has 6 heteroatoms. The maximum absolute atomic E-state index is 13.8. The topological polar surface area (TPSA) is 70.6 Å². The molecule has 0 saturated heterocycles. The van der Waals surface area contributed by atoms with Crippen LogP contribution in [0.4, 0.5) is 10.1 Å². The smallest absolute Gasteiger partial charge is 0.240 e. The molecule has 100 valence electrons. The Hall–Kier alpha value is -2.24. The third kappa shape index (κ3) is 2.96. The number of amides is 2. The number of halogens is 1. The molecule has 1 aliphatic rings. The number of carbonyl (C=O) groups excluding carboxylic acids is 2. The predicted octanol–water partition coefficient (Wildman–Crippen LogP) is 1.64. The predicted molar refractivity (Wildman–Crippen MR) is 69.2 cm³/mol. The van der Waals surface area contributed by atoms with E-state index in [2.05, 4.69) is 15.8 Å². The lowest BCUT2D eigenvalue weighted by molar-refractivity contribution is -0.122. The molecule has 2 amide bonds. The van der Waals surface area contributed by atoms with Gasteiger partial charge in [-0.1, -0.05) is 13.0 Å². The number of anilines is 1. The fourth-order valence-electron chi connectivity index (χ4n) is 1.97. The molecular formula is C13H14FN3O2. The molecule has 1 aromatic rings. The number of hydrogen-bond acceptors (Lipinski definition) is 3. The summed E-state index contributed by atoms with van der Waals surface area (Å²) >= 11 is 0. The van der Waals surface area contributed by atoms with Crippen LogP contribution in [0.25, 0.3) is 0 Å². The van der Waals surface area contributed by atoms with E-state index >= 15 is 0 Å². The number of nitrogens with one attached hydrogen (secondary N) is 2. The molecule has 1 aliphatic heterocycles. The monoisotopic (exact) mass is 263 g/mol. The molecular weight excluding hydrogens is 249 g/mol. The van der Waals surface area contributed by atoms with Gasteiger partial charge in [0.15, 0.2) is 0 Å². The lowest BCUT2D eigenvalue weighted by Crippen LogP contribution is -2.32. The van der Waals surface area contributed by atoms with Crippen LogP contribution in [0.2, 0.25) is 0 Å². The van der Waals surface area contributed by atoms with E-state index < -0.39 is 5.82 Å². The summed E-state index contributed by atoms with van der Waals surface area (Å²) in [6.07, 6.45) is 0.327. The highest BCUT2D eigenvalue weighted by molar-refractivity contribution is 6.06. The Labute approximate surface area is 109 Å². The van der Waals surface area contributed by atoms with Crippen molar-refractivity contribution in [2.75, 3.05) is 5.32 Å². The van der Waals surface area contributed by atoms with Crippen molar-refractivity contribution in [1.82, 2.24) is 5.43 Å².